The predicted molar refractivity (Wildman–Crippen MR) is 115 cm³/mol. The Morgan fingerprint density at radius 3 is 2.55 bits per heavy atom. The number of esters is 1. The molecular weight excluding hydrogens is 418 g/mol. The first kappa shape index (κ1) is 22.2. The molecule has 31 heavy (non-hydrogen) atoms. The standard InChI is InChI=1S/C22H19N3O5S/c1-2-30-22(27)19-18(15-10-6-7-11-17(15)25(28)29)16(12-23)21(24-20(19)26)31-13-14-8-4-3-5-9-14/h3-11,16,18-19H,2,13H2,1H3. The second-order valence-electron chi connectivity index (χ2n) is 6.74. The number of nitro benzene ring substituents is 1. The number of hydrogen-bond acceptors (Lipinski definition) is 7. The summed E-state index contributed by atoms with van der Waals surface area (Å²) in [4.78, 5) is 40.6. The number of carbonyl (C=O) groups is 2. The van der Waals surface area contributed by atoms with Crippen LogP contribution in [0.15, 0.2) is 59.6 Å². The number of thioether (sulfide) groups is 1. The lowest BCUT2D eigenvalue weighted by Gasteiger charge is -2.31. The number of nitro groups is 1. The fourth-order valence-corrected chi connectivity index (χ4v) is 4.55. The van der Waals surface area contributed by atoms with Crippen LogP contribution in [0.1, 0.15) is 24.0 Å². The van der Waals surface area contributed by atoms with E-state index in [4.69, 9.17) is 4.74 Å². The van der Waals surface area contributed by atoms with Gasteiger partial charge in [0.2, 0.25) is 0 Å². The van der Waals surface area contributed by atoms with Crippen LogP contribution < -0.4 is 0 Å². The molecule has 8 nitrogen and oxygen atoms in total. The van der Waals surface area contributed by atoms with E-state index in [1.807, 2.05) is 30.3 Å². The fraction of sp³-hybridized carbons (Fsp3) is 0.273. The average molecular weight is 437 g/mol. The van der Waals surface area contributed by atoms with Crippen LogP contribution in [0.4, 0.5) is 5.69 Å². The van der Waals surface area contributed by atoms with Crippen LogP contribution in [-0.4, -0.2) is 28.5 Å². The van der Waals surface area contributed by atoms with Crippen LogP contribution in [0.2, 0.25) is 0 Å². The van der Waals surface area contributed by atoms with E-state index in [0.29, 0.717) is 5.75 Å². The minimum absolute atomic E-state index is 0.0305. The average Bonchev–Trinajstić information content (AvgIpc) is 2.77. The SMILES string of the molecule is CCOC(=O)C1C(=O)N=C(SCc2ccccc2)C(C#N)C1c1ccccc1[N+](=O)[O-]. The van der Waals surface area contributed by atoms with E-state index in [9.17, 15) is 25.0 Å². The van der Waals surface area contributed by atoms with Gasteiger partial charge in [0.05, 0.1) is 22.6 Å². The van der Waals surface area contributed by atoms with Crippen molar-refractivity contribution >= 4 is 34.4 Å². The maximum Gasteiger partial charge on any atom is 0.319 e. The van der Waals surface area contributed by atoms with Crippen molar-refractivity contribution in [2.45, 2.75) is 18.6 Å². The molecule has 1 amide bonds. The number of carbonyl (C=O) groups excluding carboxylic acids is 2. The highest BCUT2D eigenvalue weighted by atomic mass is 32.2. The van der Waals surface area contributed by atoms with Gasteiger partial charge in [-0.2, -0.15) is 5.26 Å². The van der Waals surface area contributed by atoms with Gasteiger partial charge in [-0.3, -0.25) is 19.7 Å². The van der Waals surface area contributed by atoms with Gasteiger partial charge in [0.1, 0.15) is 11.8 Å². The molecule has 0 fully saturated rings. The molecule has 9 heteroatoms. The number of hydrogen-bond donors (Lipinski definition) is 0. The first-order valence-corrected chi connectivity index (χ1v) is 10.5. The van der Waals surface area contributed by atoms with E-state index in [2.05, 4.69) is 11.1 Å². The van der Waals surface area contributed by atoms with E-state index in [0.717, 1.165) is 5.56 Å². The molecule has 2 aromatic rings. The predicted octanol–water partition coefficient (Wildman–Crippen LogP) is 3.87. The van der Waals surface area contributed by atoms with Gasteiger partial charge < -0.3 is 4.74 Å². The summed E-state index contributed by atoms with van der Waals surface area (Å²) < 4.78 is 5.05. The summed E-state index contributed by atoms with van der Waals surface area (Å²) in [6.45, 7) is 1.63. The van der Waals surface area contributed by atoms with E-state index in [1.165, 1.54) is 30.0 Å². The highest BCUT2D eigenvalue weighted by molar-refractivity contribution is 8.13. The largest absolute Gasteiger partial charge is 0.465 e. The molecule has 0 radical (unpaired) electrons. The van der Waals surface area contributed by atoms with Crippen molar-refractivity contribution in [2.24, 2.45) is 16.8 Å². The minimum Gasteiger partial charge on any atom is -0.465 e. The van der Waals surface area contributed by atoms with E-state index in [-0.39, 0.29) is 22.9 Å². The number of nitriles is 1. The molecule has 0 aromatic heterocycles. The van der Waals surface area contributed by atoms with E-state index < -0.39 is 34.6 Å². The lowest BCUT2D eigenvalue weighted by molar-refractivity contribution is -0.385. The zero-order valence-electron chi connectivity index (χ0n) is 16.6. The summed E-state index contributed by atoms with van der Waals surface area (Å²) in [5.41, 5.74) is 0.844. The van der Waals surface area contributed by atoms with Crippen LogP contribution in [-0.2, 0) is 20.1 Å². The van der Waals surface area contributed by atoms with Crippen molar-refractivity contribution in [1.29, 1.82) is 5.26 Å². The Bertz CT molecular complexity index is 1060. The van der Waals surface area contributed by atoms with Gasteiger partial charge >= 0.3 is 5.97 Å². The zero-order valence-corrected chi connectivity index (χ0v) is 17.5. The topological polar surface area (TPSA) is 123 Å². The first-order chi connectivity index (χ1) is 15.0. The molecule has 3 unspecified atom stereocenters. The highest BCUT2D eigenvalue weighted by Gasteiger charge is 2.49. The Kier molecular flexibility index (Phi) is 7.15. The first-order valence-electron chi connectivity index (χ1n) is 9.56. The van der Waals surface area contributed by atoms with Gasteiger partial charge in [-0.15, -0.1) is 11.8 Å². The Morgan fingerprint density at radius 1 is 1.23 bits per heavy atom. The molecule has 1 aliphatic heterocycles. The Morgan fingerprint density at radius 2 is 1.90 bits per heavy atom. The molecule has 3 atom stereocenters. The molecule has 2 aromatic carbocycles. The molecular formula is C22H19N3O5S. The van der Waals surface area contributed by atoms with E-state index in [1.54, 1.807) is 13.0 Å². The quantitative estimate of drug-likeness (QED) is 0.291. The molecule has 3 rings (SSSR count). The van der Waals surface area contributed by atoms with Gasteiger partial charge in [-0.05, 0) is 12.5 Å². The van der Waals surface area contributed by atoms with Crippen LogP contribution in [0.3, 0.4) is 0 Å². The van der Waals surface area contributed by atoms with Crippen molar-refractivity contribution in [1.82, 2.24) is 0 Å². The molecule has 0 aliphatic carbocycles. The molecule has 1 heterocycles. The summed E-state index contributed by atoms with van der Waals surface area (Å²) in [6, 6.07) is 17.4. The monoisotopic (exact) mass is 437 g/mol. The zero-order chi connectivity index (χ0) is 22.4. The van der Waals surface area contributed by atoms with Crippen molar-refractivity contribution in [3.8, 4) is 6.07 Å². The number of rotatable bonds is 6. The number of ether oxygens (including phenoxy) is 1. The number of nitrogens with zero attached hydrogens (tertiary/aromatic N) is 3. The van der Waals surface area contributed by atoms with Crippen molar-refractivity contribution in [2.75, 3.05) is 6.61 Å². The number of aliphatic imine (C=N–C) groups is 1. The van der Waals surface area contributed by atoms with Gasteiger partial charge in [0, 0.05) is 23.3 Å². The van der Waals surface area contributed by atoms with Gasteiger partial charge in [0.25, 0.3) is 11.6 Å². The lowest BCUT2D eigenvalue weighted by atomic mass is 9.75. The van der Waals surface area contributed by atoms with E-state index >= 15 is 0 Å². The van der Waals surface area contributed by atoms with Crippen molar-refractivity contribution < 1.29 is 19.2 Å². The summed E-state index contributed by atoms with van der Waals surface area (Å²) in [5.74, 6) is -4.66. The second kappa shape index (κ2) is 10.00. The fourth-order valence-electron chi connectivity index (χ4n) is 3.51. The third kappa shape index (κ3) is 4.81. The summed E-state index contributed by atoms with van der Waals surface area (Å²) >= 11 is 1.21. The second-order valence-corrected chi connectivity index (χ2v) is 7.74. The third-order valence-electron chi connectivity index (χ3n) is 4.87. The molecule has 0 saturated heterocycles. The number of benzene rings is 2. The van der Waals surface area contributed by atoms with Crippen LogP contribution in [0.25, 0.3) is 0 Å². The smallest absolute Gasteiger partial charge is 0.319 e. The summed E-state index contributed by atoms with van der Waals surface area (Å²) in [7, 11) is 0. The molecule has 1 aliphatic rings. The van der Waals surface area contributed by atoms with Crippen LogP contribution in [0.5, 0.6) is 0 Å². The Balaban J connectivity index is 2.06. The van der Waals surface area contributed by atoms with Gasteiger partial charge in [0.15, 0.2) is 0 Å². The highest BCUT2D eigenvalue weighted by Crippen LogP contribution is 2.43. The number of para-hydroxylation sites is 1. The lowest BCUT2D eigenvalue weighted by Crippen LogP contribution is -2.41. The maximum absolute atomic E-state index is 12.9. The third-order valence-corrected chi connectivity index (χ3v) is 5.99. The summed E-state index contributed by atoms with van der Waals surface area (Å²) in [6.07, 6.45) is 0. The minimum atomic E-state index is -1.42. The van der Waals surface area contributed by atoms with Crippen LogP contribution >= 0.6 is 11.8 Å². The molecule has 0 spiro atoms. The normalized spacial score (nSPS) is 20.5. The van der Waals surface area contributed by atoms with Crippen molar-refractivity contribution in [3.63, 3.8) is 0 Å². The van der Waals surface area contributed by atoms with Crippen molar-refractivity contribution in [3.05, 3.63) is 75.8 Å². The summed E-state index contributed by atoms with van der Waals surface area (Å²) in [5, 5.41) is 21.8. The molecule has 0 N–H and O–H groups in total. The van der Waals surface area contributed by atoms with Gasteiger partial charge in [-0.25, -0.2) is 4.99 Å². The maximum atomic E-state index is 12.9. The molecule has 158 valence electrons. The molecule has 0 saturated carbocycles. The Hall–Kier alpha value is -3.51. The molecule has 0 bridgehead atoms. The Labute approximate surface area is 183 Å². The van der Waals surface area contributed by atoms with Gasteiger partial charge in [-0.1, -0.05) is 48.5 Å². The number of amides is 1. The van der Waals surface area contributed by atoms with Crippen LogP contribution in [0, 0.1) is 33.3 Å².